The summed E-state index contributed by atoms with van der Waals surface area (Å²) in [6.07, 6.45) is 2.65. The Morgan fingerprint density at radius 1 is 1.36 bits per heavy atom. The molecule has 0 spiro atoms. The lowest BCUT2D eigenvalue weighted by Gasteiger charge is -2.32. The van der Waals surface area contributed by atoms with Gasteiger partial charge in [-0.15, -0.1) is 0 Å². The highest BCUT2D eigenvalue weighted by atomic mass is 32.2. The zero-order valence-corrected chi connectivity index (χ0v) is 15.3. The summed E-state index contributed by atoms with van der Waals surface area (Å²) in [5.41, 5.74) is 1.28. The van der Waals surface area contributed by atoms with Gasteiger partial charge in [0.2, 0.25) is 0 Å². The second kappa shape index (κ2) is 6.86. The molecule has 2 heterocycles. The van der Waals surface area contributed by atoms with E-state index in [-0.39, 0.29) is 36.6 Å². The van der Waals surface area contributed by atoms with Gasteiger partial charge in [-0.2, -0.15) is 4.31 Å². The molecule has 1 aromatic heterocycles. The first-order valence-electron chi connectivity index (χ1n) is 8.20. The number of hydrogen-bond acceptors (Lipinski definition) is 4. The second-order valence-corrected chi connectivity index (χ2v) is 8.37. The van der Waals surface area contributed by atoms with Crippen LogP contribution in [0.1, 0.15) is 37.1 Å². The molecule has 0 aliphatic carbocycles. The van der Waals surface area contributed by atoms with E-state index in [9.17, 15) is 12.8 Å². The fourth-order valence-corrected chi connectivity index (χ4v) is 4.13. The van der Waals surface area contributed by atoms with Crippen molar-refractivity contribution in [3.05, 3.63) is 47.7 Å². The number of benzene rings is 1. The summed E-state index contributed by atoms with van der Waals surface area (Å²) < 4.78 is 48.0. The van der Waals surface area contributed by atoms with Gasteiger partial charge in [0, 0.05) is 25.3 Å². The predicted molar refractivity (Wildman–Crippen MR) is 91.2 cm³/mol. The van der Waals surface area contributed by atoms with Crippen molar-refractivity contribution in [3.8, 4) is 0 Å². The first-order chi connectivity index (χ1) is 11.8. The maximum absolute atomic E-state index is 13.5. The van der Waals surface area contributed by atoms with Crippen LogP contribution in [-0.2, 0) is 14.8 Å². The number of nitrogens with zero attached hydrogens (tertiary/aromatic N) is 3. The summed E-state index contributed by atoms with van der Waals surface area (Å²) in [6.45, 7) is 6.33. The van der Waals surface area contributed by atoms with Gasteiger partial charge in [-0.25, -0.2) is 17.8 Å². The minimum Gasteiger partial charge on any atom is -0.371 e. The van der Waals surface area contributed by atoms with E-state index in [1.807, 2.05) is 13.8 Å². The minimum atomic E-state index is -3.69. The van der Waals surface area contributed by atoms with Gasteiger partial charge in [0.15, 0.2) is 5.03 Å². The van der Waals surface area contributed by atoms with Crippen LogP contribution in [0.3, 0.4) is 0 Å². The smallest absolute Gasteiger partial charge is 0.262 e. The standard InChI is InChI=1S/C17H22FN3O3S/c1-12(2)20-10-17(19-11-20)25(22,23)21-6-7-24-16(9-21)14-4-5-15(18)13(3)8-14/h4-5,8,10-12,16H,6-7,9H2,1-3H3. The lowest BCUT2D eigenvalue weighted by atomic mass is 10.1. The van der Waals surface area contributed by atoms with Gasteiger partial charge < -0.3 is 9.30 Å². The molecule has 2 aromatic rings. The lowest BCUT2D eigenvalue weighted by Crippen LogP contribution is -2.42. The normalized spacial score (nSPS) is 19.5. The monoisotopic (exact) mass is 367 g/mol. The van der Waals surface area contributed by atoms with E-state index < -0.39 is 16.1 Å². The highest BCUT2D eigenvalue weighted by molar-refractivity contribution is 7.89. The SMILES string of the molecule is Cc1cc(C2CN(S(=O)(=O)c3cn(C(C)C)cn3)CCO2)ccc1F. The van der Waals surface area contributed by atoms with Crippen molar-refractivity contribution in [2.75, 3.05) is 19.7 Å². The third-order valence-electron chi connectivity index (χ3n) is 4.36. The molecular formula is C17H22FN3O3S. The summed E-state index contributed by atoms with van der Waals surface area (Å²) in [5.74, 6) is -0.289. The second-order valence-electron chi connectivity index (χ2n) is 6.48. The Morgan fingerprint density at radius 2 is 2.12 bits per heavy atom. The van der Waals surface area contributed by atoms with Gasteiger partial charge in [0.25, 0.3) is 10.0 Å². The van der Waals surface area contributed by atoms with Crippen LogP contribution in [0, 0.1) is 12.7 Å². The topological polar surface area (TPSA) is 64.4 Å². The molecule has 1 saturated heterocycles. The van der Waals surface area contributed by atoms with E-state index in [4.69, 9.17) is 4.74 Å². The van der Waals surface area contributed by atoms with Crippen molar-refractivity contribution in [2.24, 2.45) is 0 Å². The Morgan fingerprint density at radius 3 is 2.76 bits per heavy atom. The van der Waals surface area contributed by atoms with Crippen LogP contribution in [0.25, 0.3) is 0 Å². The van der Waals surface area contributed by atoms with Crippen molar-refractivity contribution >= 4 is 10.0 Å². The van der Waals surface area contributed by atoms with Gasteiger partial charge in [-0.1, -0.05) is 12.1 Å². The predicted octanol–water partition coefficient (Wildman–Crippen LogP) is 2.67. The third-order valence-corrected chi connectivity index (χ3v) is 6.11. The van der Waals surface area contributed by atoms with Crippen LogP contribution < -0.4 is 0 Å². The average molecular weight is 367 g/mol. The van der Waals surface area contributed by atoms with Crippen LogP contribution in [0.15, 0.2) is 35.7 Å². The van der Waals surface area contributed by atoms with E-state index in [0.717, 1.165) is 5.56 Å². The summed E-state index contributed by atoms with van der Waals surface area (Å²) in [4.78, 5) is 4.05. The molecule has 0 saturated carbocycles. The summed E-state index contributed by atoms with van der Waals surface area (Å²) in [6, 6.07) is 4.85. The largest absolute Gasteiger partial charge is 0.371 e. The molecule has 1 aliphatic heterocycles. The molecule has 0 amide bonds. The van der Waals surface area contributed by atoms with Crippen molar-refractivity contribution < 1.29 is 17.5 Å². The first-order valence-corrected chi connectivity index (χ1v) is 9.64. The number of aryl methyl sites for hydroxylation is 1. The van der Waals surface area contributed by atoms with Gasteiger partial charge >= 0.3 is 0 Å². The molecule has 136 valence electrons. The number of morpholine rings is 1. The number of ether oxygens (including phenoxy) is 1. The molecule has 8 heteroatoms. The Hall–Kier alpha value is -1.77. The van der Waals surface area contributed by atoms with Crippen LogP contribution >= 0.6 is 0 Å². The molecular weight excluding hydrogens is 345 g/mol. The van der Waals surface area contributed by atoms with E-state index in [1.165, 1.54) is 16.7 Å². The minimum absolute atomic E-state index is 0.0390. The van der Waals surface area contributed by atoms with Crippen molar-refractivity contribution in [1.82, 2.24) is 13.9 Å². The molecule has 1 unspecified atom stereocenters. The molecule has 6 nitrogen and oxygen atoms in total. The van der Waals surface area contributed by atoms with Gasteiger partial charge in [0.1, 0.15) is 5.82 Å². The highest BCUT2D eigenvalue weighted by Gasteiger charge is 2.33. The highest BCUT2D eigenvalue weighted by Crippen LogP contribution is 2.27. The van der Waals surface area contributed by atoms with Crippen LogP contribution in [0.2, 0.25) is 0 Å². The van der Waals surface area contributed by atoms with Gasteiger partial charge in [-0.05, 0) is 38.0 Å². The summed E-state index contributed by atoms with van der Waals surface area (Å²) in [7, 11) is -3.69. The molecule has 0 radical (unpaired) electrons. The van der Waals surface area contributed by atoms with Gasteiger partial charge in [0.05, 0.1) is 19.0 Å². The molecule has 1 aliphatic rings. The number of imidazole rings is 1. The fraction of sp³-hybridized carbons (Fsp3) is 0.471. The Bertz CT molecular complexity index is 864. The van der Waals surface area contributed by atoms with Crippen molar-refractivity contribution in [1.29, 1.82) is 0 Å². The van der Waals surface area contributed by atoms with Gasteiger partial charge in [-0.3, -0.25) is 0 Å². The summed E-state index contributed by atoms with van der Waals surface area (Å²) in [5, 5.41) is 0.0390. The number of rotatable bonds is 4. The number of hydrogen-bond donors (Lipinski definition) is 0. The molecule has 25 heavy (non-hydrogen) atoms. The van der Waals surface area contributed by atoms with Crippen LogP contribution in [0.4, 0.5) is 4.39 Å². The van der Waals surface area contributed by atoms with E-state index >= 15 is 0 Å². The number of aromatic nitrogens is 2. The zero-order valence-electron chi connectivity index (χ0n) is 14.5. The molecule has 1 fully saturated rings. The molecule has 1 atom stereocenters. The zero-order chi connectivity index (χ0) is 18.2. The number of halogens is 1. The van der Waals surface area contributed by atoms with Crippen molar-refractivity contribution in [3.63, 3.8) is 0 Å². The van der Waals surface area contributed by atoms with Crippen LogP contribution in [-0.4, -0.2) is 42.0 Å². The lowest BCUT2D eigenvalue weighted by molar-refractivity contribution is -0.00268. The quantitative estimate of drug-likeness (QED) is 0.833. The van der Waals surface area contributed by atoms with Crippen LogP contribution in [0.5, 0.6) is 0 Å². The van der Waals surface area contributed by atoms with E-state index in [0.29, 0.717) is 5.56 Å². The van der Waals surface area contributed by atoms with E-state index in [1.54, 1.807) is 29.8 Å². The average Bonchev–Trinajstić information content (AvgIpc) is 3.09. The summed E-state index contributed by atoms with van der Waals surface area (Å²) >= 11 is 0. The Kier molecular flexibility index (Phi) is 4.95. The third kappa shape index (κ3) is 3.61. The fourth-order valence-electron chi connectivity index (χ4n) is 2.78. The molecule has 0 N–H and O–H groups in total. The molecule has 0 bridgehead atoms. The molecule has 3 rings (SSSR count). The maximum Gasteiger partial charge on any atom is 0.262 e. The molecule has 1 aromatic carbocycles. The van der Waals surface area contributed by atoms with Crippen molar-refractivity contribution in [2.45, 2.75) is 37.9 Å². The first kappa shape index (κ1) is 18.0. The van der Waals surface area contributed by atoms with E-state index in [2.05, 4.69) is 4.98 Å². The maximum atomic E-state index is 13.5. The Balaban J connectivity index is 1.83. The number of sulfonamides is 1. The Labute approximate surface area is 147 Å².